The second-order valence-corrected chi connectivity index (χ2v) is 14.0. The van der Waals surface area contributed by atoms with Crippen LogP contribution in [0.3, 0.4) is 0 Å². The van der Waals surface area contributed by atoms with Crippen LogP contribution in [0.5, 0.6) is 0 Å². The van der Waals surface area contributed by atoms with Crippen molar-refractivity contribution in [3.8, 4) is 0 Å². The van der Waals surface area contributed by atoms with Gasteiger partial charge in [-0.15, -0.1) is 0 Å². The molecule has 2 aliphatic carbocycles. The Bertz CT molecular complexity index is 1710. The van der Waals surface area contributed by atoms with E-state index in [1.54, 1.807) is 4.90 Å². The third-order valence-electron chi connectivity index (χ3n) is 9.89. The lowest BCUT2D eigenvalue weighted by molar-refractivity contribution is -0.138. The summed E-state index contributed by atoms with van der Waals surface area (Å²) in [5.41, 5.74) is 7.37. The minimum atomic E-state index is -0.552. The number of carbonyl (C=O) groups is 2. The fourth-order valence-electron chi connectivity index (χ4n) is 7.16. The molecule has 10 heteroatoms. The van der Waals surface area contributed by atoms with Gasteiger partial charge in [0.25, 0.3) is 0 Å². The van der Waals surface area contributed by atoms with Crippen LogP contribution >= 0.6 is 11.6 Å². The van der Waals surface area contributed by atoms with E-state index in [2.05, 4.69) is 38.1 Å². The molecule has 9 nitrogen and oxygen atoms in total. The Morgan fingerprint density at radius 1 is 0.962 bits per heavy atom. The van der Waals surface area contributed by atoms with Gasteiger partial charge in [0.05, 0.1) is 12.0 Å². The van der Waals surface area contributed by atoms with Crippen LogP contribution in [0.25, 0.3) is 0 Å². The number of halogens is 1. The van der Waals surface area contributed by atoms with Crippen molar-refractivity contribution in [2.24, 2.45) is 0 Å². The zero-order chi connectivity index (χ0) is 36.7. The molecule has 2 fully saturated rings. The van der Waals surface area contributed by atoms with Crippen LogP contribution < -0.4 is 5.32 Å². The van der Waals surface area contributed by atoms with Crippen molar-refractivity contribution in [1.29, 1.82) is 0 Å². The van der Waals surface area contributed by atoms with Gasteiger partial charge in [0.2, 0.25) is 5.91 Å². The van der Waals surface area contributed by atoms with E-state index in [0.717, 1.165) is 74.2 Å². The van der Waals surface area contributed by atoms with Gasteiger partial charge in [-0.1, -0.05) is 74.3 Å². The first kappa shape index (κ1) is 39.0. The molecule has 2 aromatic heterocycles. The summed E-state index contributed by atoms with van der Waals surface area (Å²) in [6.45, 7) is 9.48. The number of hydrogen-bond acceptors (Lipinski definition) is 6. The molecule has 2 aromatic carbocycles. The highest BCUT2D eigenvalue weighted by atomic mass is 35.5. The number of aryl methyl sites for hydroxylation is 4. The zero-order valence-electron chi connectivity index (χ0n) is 31.1. The maximum absolute atomic E-state index is 13.8. The highest BCUT2D eigenvalue weighted by Gasteiger charge is 2.36. The first-order valence-corrected chi connectivity index (χ1v) is 19.5. The van der Waals surface area contributed by atoms with Crippen LogP contribution in [0.1, 0.15) is 86.0 Å². The molecule has 1 saturated carbocycles. The molecule has 0 bridgehead atoms. The van der Waals surface area contributed by atoms with Gasteiger partial charge in [-0.05, 0) is 92.3 Å². The molecule has 2 amide bonds. The van der Waals surface area contributed by atoms with Crippen LogP contribution in [0.2, 0.25) is 5.02 Å². The van der Waals surface area contributed by atoms with Gasteiger partial charge >= 0.3 is 6.09 Å². The Kier molecular flexibility index (Phi) is 15.1. The minimum absolute atomic E-state index is 0.0223. The largest absolute Gasteiger partial charge is 0.446 e. The van der Waals surface area contributed by atoms with E-state index in [-0.39, 0.29) is 18.1 Å². The number of amides is 2. The van der Waals surface area contributed by atoms with Crippen molar-refractivity contribution < 1.29 is 14.3 Å². The van der Waals surface area contributed by atoms with Crippen molar-refractivity contribution in [3.63, 3.8) is 0 Å². The highest BCUT2D eigenvalue weighted by Crippen LogP contribution is 2.26. The normalized spacial score (nSPS) is 16.8. The third kappa shape index (κ3) is 11.1. The fraction of sp³-hybridized carbons (Fsp3) is 0.476. The second-order valence-electron chi connectivity index (χ2n) is 13.6. The van der Waals surface area contributed by atoms with Gasteiger partial charge < -0.3 is 19.5 Å². The van der Waals surface area contributed by atoms with Crippen LogP contribution in [0.4, 0.5) is 4.79 Å². The SMILES string of the molecule is CC.Cc1cn(CCCN(Cc2ccccc2)C(=O)[C@H]2CNCCN2C(=O)OC2CCCCC2)cn1.Clc1ccc2c(c1)CCc1cccnc1C2. The van der Waals surface area contributed by atoms with Gasteiger partial charge in [0, 0.05) is 68.8 Å². The number of nitrogens with one attached hydrogen (secondary N) is 1. The molecule has 1 atom stereocenters. The molecule has 0 spiro atoms. The molecule has 1 N–H and O–H groups in total. The first-order chi connectivity index (χ1) is 25.4. The molecule has 278 valence electrons. The summed E-state index contributed by atoms with van der Waals surface area (Å²) in [5.74, 6) is -0.0292. The Balaban J connectivity index is 0.000000240. The van der Waals surface area contributed by atoms with Crippen molar-refractivity contribution in [3.05, 3.63) is 118 Å². The number of piperazine rings is 1. The third-order valence-corrected chi connectivity index (χ3v) is 10.1. The summed E-state index contributed by atoms with van der Waals surface area (Å²) in [5, 5.41) is 4.13. The summed E-state index contributed by atoms with van der Waals surface area (Å²) in [7, 11) is 0. The molecule has 7 rings (SSSR count). The fourth-order valence-corrected chi connectivity index (χ4v) is 7.36. The summed E-state index contributed by atoms with van der Waals surface area (Å²) >= 11 is 6.03. The van der Waals surface area contributed by atoms with Crippen molar-refractivity contribution >= 4 is 23.6 Å². The molecular formula is C42H55ClN6O3. The molecule has 52 heavy (non-hydrogen) atoms. The molecular weight excluding hydrogens is 672 g/mol. The van der Waals surface area contributed by atoms with Gasteiger partial charge in [0.1, 0.15) is 12.1 Å². The summed E-state index contributed by atoms with van der Waals surface area (Å²) in [4.78, 5) is 39.1. The number of hydrogen-bond donors (Lipinski definition) is 1. The van der Waals surface area contributed by atoms with Crippen LogP contribution in [-0.2, 0) is 41.9 Å². The van der Waals surface area contributed by atoms with E-state index < -0.39 is 6.04 Å². The average Bonchev–Trinajstić information content (AvgIpc) is 3.51. The van der Waals surface area contributed by atoms with E-state index in [1.807, 2.05) is 86.9 Å². The zero-order valence-corrected chi connectivity index (χ0v) is 31.9. The number of aromatic nitrogens is 3. The van der Waals surface area contributed by atoms with E-state index in [4.69, 9.17) is 16.3 Å². The lowest BCUT2D eigenvalue weighted by Crippen LogP contribution is -2.60. The quantitative estimate of drug-likeness (QED) is 0.199. The van der Waals surface area contributed by atoms with Gasteiger partial charge in [-0.3, -0.25) is 14.7 Å². The van der Waals surface area contributed by atoms with Crippen LogP contribution in [0, 0.1) is 6.92 Å². The van der Waals surface area contributed by atoms with Crippen LogP contribution in [-0.4, -0.2) is 74.7 Å². The second kappa shape index (κ2) is 20.1. The van der Waals surface area contributed by atoms with E-state index in [0.29, 0.717) is 32.7 Å². The Morgan fingerprint density at radius 2 is 1.75 bits per heavy atom. The summed E-state index contributed by atoms with van der Waals surface area (Å²) in [6.07, 6.45) is 14.5. The highest BCUT2D eigenvalue weighted by molar-refractivity contribution is 6.30. The lowest BCUT2D eigenvalue weighted by atomic mass is 9.98. The van der Waals surface area contributed by atoms with Crippen molar-refractivity contribution in [2.45, 2.75) is 104 Å². The van der Waals surface area contributed by atoms with Crippen LogP contribution in [0.15, 0.2) is 79.4 Å². The number of ether oxygens (including phenoxy) is 1. The lowest BCUT2D eigenvalue weighted by Gasteiger charge is -2.38. The molecule has 3 heterocycles. The van der Waals surface area contributed by atoms with E-state index >= 15 is 0 Å². The molecule has 0 radical (unpaired) electrons. The Morgan fingerprint density at radius 3 is 2.52 bits per heavy atom. The molecule has 0 unspecified atom stereocenters. The number of nitrogens with zero attached hydrogens (tertiary/aromatic N) is 5. The standard InChI is InChI=1S/C26H37N5O3.C14H12ClN.C2H6/c1-21-18-29(20-28-21)14-8-15-30(19-22-9-4-2-5-10-22)25(32)24-17-27-13-16-31(24)26(33)34-23-11-6-3-7-12-23;15-13-6-5-12-9-14-10(2-1-7-16-14)3-4-11(12)8-13;1-2/h2,4-5,9-10,18,20,23-24,27H,3,6-8,11-17,19H2,1H3;1-2,5-8H,3-4,9H2;1-2H3/t24-;;/m1../s1. The Labute approximate surface area is 314 Å². The maximum atomic E-state index is 13.8. The monoisotopic (exact) mass is 726 g/mol. The van der Waals surface area contributed by atoms with Gasteiger partial charge in [0.15, 0.2) is 0 Å². The smallest absolute Gasteiger partial charge is 0.410 e. The topological polar surface area (TPSA) is 92.6 Å². The molecule has 1 aliphatic heterocycles. The number of fused-ring (bicyclic) bond motifs is 2. The van der Waals surface area contributed by atoms with E-state index in [1.165, 1.54) is 28.8 Å². The maximum Gasteiger partial charge on any atom is 0.410 e. The Hall–Kier alpha value is -4.21. The molecule has 3 aliphatic rings. The van der Waals surface area contributed by atoms with Gasteiger partial charge in [-0.25, -0.2) is 9.78 Å². The predicted octanol–water partition coefficient (Wildman–Crippen LogP) is 7.80. The van der Waals surface area contributed by atoms with Crippen molar-refractivity contribution in [1.82, 2.24) is 29.7 Å². The molecule has 1 saturated heterocycles. The van der Waals surface area contributed by atoms with Crippen molar-refractivity contribution in [2.75, 3.05) is 26.2 Å². The summed E-state index contributed by atoms with van der Waals surface area (Å²) in [6, 6.07) is 19.8. The number of carbonyl (C=O) groups excluding carboxylic acids is 2. The predicted molar refractivity (Wildman–Crippen MR) is 207 cm³/mol. The number of pyridine rings is 1. The number of benzene rings is 2. The number of imidazole rings is 1. The average molecular weight is 727 g/mol. The first-order valence-electron chi connectivity index (χ1n) is 19.1. The van der Waals surface area contributed by atoms with E-state index in [9.17, 15) is 9.59 Å². The van der Waals surface area contributed by atoms with Gasteiger partial charge in [-0.2, -0.15) is 0 Å². The summed E-state index contributed by atoms with van der Waals surface area (Å²) < 4.78 is 7.88. The minimum Gasteiger partial charge on any atom is -0.446 e. The molecule has 4 aromatic rings. The number of rotatable bonds is 8.